The van der Waals surface area contributed by atoms with Crippen LogP contribution >= 0.6 is 22.7 Å². The summed E-state index contributed by atoms with van der Waals surface area (Å²) in [7, 11) is 0. The van der Waals surface area contributed by atoms with Gasteiger partial charge in [-0.05, 0) is 24.8 Å². The summed E-state index contributed by atoms with van der Waals surface area (Å²) in [6, 6.07) is 3.94. The lowest BCUT2D eigenvalue weighted by atomic mass is 10.0. The highest BCUT2D eigenvalue weighted by molar-refractivity contribution is 7.20. The molecule has 0 aliphatic carbocycles. The Kier molecular flexibility index (Phi) is 4.34. The fourth-order valence-electron chi connectivity index (χ4n) is 1.38. The highest BCUT2D eigenvalue weighted by Crippen LogP contribution is 2.27. The predicted molar refractivity (Wildman–Crippen MR) is 78.7 cm³/mol. The summed E-state index contributed by atoms with van der Waals surface area (Å²) in [5, 5.41) is 17.1. The van der Waals surface area contributed by atoms with E-state index in [9.17, 15) is 9.90 Å². The fourth-order valence-corrected chi connectivity index (χ4v) is 2.99. The molecule has 0 bridgehead atoms. The first-order valence-corrected chi connectivity index (χ1v) is 7.78. The number of thiazole rings is 1. The summed E-state index contributed by atoms with van der Waals surface area (Å²) in [5.74, 6) is -0.243. The maximum absolute atomic E-state index is 11.9. The summed E-state index contributed by atoms with van der Waals surface area (Å²) in [6.45, 7) is 3.81. The SMILES string of the molecule is CCC(C)(O)CNC(=O)c1csc(-c2cccs2)n1. The van der Waals surface area contributed by atoms with E-state index in [0.29, 0.717) is 12.1 Å². The molecular formula is C13H16N2O2S2. The number of carbonyl (C=O) groups is 1. The number of amides is 1. The van der Waals surface area contributed by atoms with Crippen molar-refractivity contribution in [1.82, 2.24) is 10.3 Å². The Morgan fingerprint density at radius 2 is 2.32 bits per heavy atom. The molecule has 1 unspecified atom stereocenters. The number of hydrogen-bond donors (Lipinski definition) is 2. The molecule has 0 fully saturated rings. The topological polar surface area (TPSA) is 62.2 Å². The molecule has 6 heteroatoms. The lowest BCUT2D eigenvalue weighted by Gasteiger charge is -2.21. The molecular weight excluding hydrogens is 280 g/mol. The summed E-state index contributed by atoms with van der Waals surface area (Å²) >= 11 is 3.05. The van der Waals surface area contributed by atoms with E-state index in [2.05, 4.69) is 10.3 Å². The van der Waals surface area contributed by atoms with Gasteiger partial charge < -0.3 is 10.4 Å². The van der Waals surface area contributed by atoms with Crippen LogP contribution in [-0.2, 0) is 0 Å². The van der Waals surface area contributed by atoms with E-state index in [1.165, 1.54) is 11.3 Å². The molecule has 102 valence electrons. The van der Waals surface area contributed by atoms with Crippen molar-refractivity contribution >= 4 is 28.6 Å². The van der Waals surface area contributed by atoms with Gasteiger partial charge >= 0.3 is 0 Å². The van der Waals surface area contributed by atoms with Gasteiger partial charge in [0.25, 0.3) is 5.91 Å². The molecule has 4 nitrogen and oxygen atoms in total. The van der Waals surface area contributed by atoms with Gasteiger partial charge in [0.2, 0.25) is 0 Å². The smallest absolute Gasteiger partial charge is 0.270 e. The Morgan fingerprint density at radius 1 is 1.53 bits per heavy atom. The number of rotatable bonds is 5. The van der Waals surface area contributed by atoms with Crippen LogP contribution in [0.2, 0.25) is 0 Å². The van der Waals surface area contributed by atoms with Crippen LogP contribution in [0.4, 0.5) is 0 Å². The van der Waals surface area contributed by atoms with Gasteiger partial charge in [-0.2, -0.15) is 0 Å². The first kappa shape index (κ1) is 14.2. The molecule has 0 saturated carbocycles. The fraction of sp³-hybridized carbons (Fsp3) is 0.385. The summed E-state index contributed by atoms with van der Waals surface area (Å²) in [5.41, 5.74) is -0.470. The molecule has 1 amide bonds. The summed E-state index contributed by atoms with van der Waals surface area (Å²) in [6.07, 6.45) is 0.588. The van der Waals surface area contributed by atoms with Gasteiger partial charge in [-0.1, -0.05) is 13.0 Å². The van der Waals surface area contributed by atoms with Gasteiger partial charge in [0.1, 0.15) is 10.7 Å². The highest BCUT2D eigenvalue weighted by atomic mass is 32.1. The largest absolute Gasteiger partial charge is 0.388 e. The maximum atomic E-state index is 11.9. The van der Waals surface area contributed by atoms with E-state index in [-0.39, 0.29) is 12.5 Å². The van der Waals surface area contributed by atoms with Crippen molar-refractivity contribution < 1.29 is 9.90 Å². The second-order valence-electron chi connectivity index (χ2n) is 4.55. The lowest BCUT2D eigenvalue weighted by molar-refractivity contribution is 0.0517. The van der Waals surface area contributed by atoms with Crippen molar-refractivity contribution in [1.29, 1.82) is 0 Å². The van der Waals surface area contributed by atoms with Crippen LogP contribution in [0.3, 0.4) is 0 Å². The van der Waals surface area contributed by atoms with Gasteiger partial charge in [-0.3, -0.25) is 4.79 Å². The minimum absolute atomic E-state index is 0.230. The number of aliphatic hydroxyl groups is 1. The zero-order chi connectivity index (χ0) is 13.9. The van der Waals surface area contributed by atoms with Crippen LogP contribution in [0.5, 0.6) is 0 Å². The van der Waals surface area contributed by atoms with Crippen LogP contribution in [0.25, 0.3) is 9.88 Å². The van der Waals surface area contributed by atoms with E-state index in [4.69, 9.17) is 0 Å². The summed E-state index contributed by atoms with van der Waals surface area (Å²) < 4.78 is 0. The van der Waals surface area contributed by atoms with Gasteiger partial charge in [0.05, 0.1) is 10.5 Å². The third kappa shape index (κ3) is 3.62. The lowest BCUT2D eigenvalue weighted by Crippen LogP contribution is -2.40. The molecule has 0 spiro atoms. The predicted octanol–water partition coefficient (Wildman–Crippen LogP) is 2.76. The molecule has 1 atom stereocenters. The Morgan fingerprint density at radius 3 is 2.95 bits per heavy atom. The third-order valence-electron chi connectivity index (χ3n) is 2.86. The Balaban J connectivity index is 2.01. The van der Waals surface area contributed by atoms with Gasteiger partial charge in [0.15, 0.2) is 0 Å². The Bertz CT molecular complexity index is 547. The zero-order valence-electron chi connectivity index (χ0n) is 10.8. The molecule has 0 saturated heterocycles. The second kappa shape index (κ2) is 5.81. The van der Waals surface area contributed by atoms with Crippen molar-refractivity contribution in [3.8, 4) is 9.88 Å². The standard InChI is InChI=1S/C13H16N2O2S2/c1-3-13(2,17)8-14-11(16)9-7-19-12(15-9)10-5-4-6-18-10/h4-7,17H,3,8H2,1-2H3,(H,14,16). The van der Waals surface area contributed by atoms with E-state index >= 15 is 0 Å². The Labute approximate surface area is 120 Å². The van der Waals surface area contributed by atoms with Crippen molar-refractivity contribution in [3.63, 3.8) is 0 Å². The monoisotopic (exact) mass is 296 g/mol. The molecule has 2 heterocycles. The first-order valence-electron chi connectivity index (χ1n) is 6.02. The normalized spacial score (nSPS) is 14.1. The molecule has 0 aliphatic rings. The van der Waals surface area contributed by atoms with Gasteiger partial charge in [0, 0.05) is 11.9 Å². The average Bonchev–Trinajstić information content (AvgIpc) is 3.05. The van der Waals surface area contributed by atoms with Crippen molar-refractivity contribution in [3.05, 3.63) is 28.6 Å². The third-order valence-corrected chi connectivity index (χ3v) is 4.74. The minimum atomic E-state index is -0.873. The van der Waals surface area contributed by atoms with Crippen LogP contribution in [0, 0.1) is 0 Å². The number of thiophene rings is 1. The van der Waals surface area contributed by atoms with Crippen molar-refractivity contribution in [2.45, 2.75) is 25.9 Å². The minimum Gasteiger partial charge on any atom is -0.388 e. The van der Waals surface area contributed by atoms with Gasteiger partial charge in [-0.15, -0.1) is 22.7 Å². The molecule has 2 rings (SSSR count). The first-order chi connectivity index (χ1) is 9.02. The molecule has 0 radical (unpaired) electrons. The van der Waals surface area contributed by atoms with Crippen LogP contribution < -0.4 is 5.32 Å². The molecule has 2 aromatic rings. The van der Waals surface area contributed by atoms with Gasteiger partial charge in [-0.25, -0.2) is 4.98 Å². The molecule has 0 aromatic carbocycles. The van der Waals surface area contributed by atoms with Crippen LogP contribution in [0.15, 0.2) is 22.9 Å². The highest BCUT2D eigenvalue weighted by Gasteiger charge is 2.20. The number of nitrogens with one attached hydrogen (secondary N) is 1. The van der Waals surface area contributed by atoms with Crippen molar-refractivity contribution in [2.75, 3.05) is 6.54 Å². The quantitative estimate of drug-likeness (QED) is 0.892. The molecule has 2 N–H and O–H groups in total. The van der Waals surface area contributed by atoms with Crippen LogP contribution in [-0.4, -0.2) is 28.1 Å². The summed E-state index contributed by atoms with van der Waals surface area (Å²) in [4.78, 5) is 17.3. The van der Waals surface area contributed by atoms with Crippen LogP contribution in [0.1, 0.15) is 30.8 Å². The maximum Gasteiger partial charge on any atom is 0.270 e. The average molecular weight is 296 g/mol. The van der Waals surface area contributed by atoms with E-state index < -0.39 is 5.60 Å². The van der Waals surface area contributed by atoms with E-state index in [1.807, 2.05) is 24.4 Å². The number of aromatic nitrogens is 1. The molecule has 19 heavy (non-hydrogen) atoms. The number of carbonyl (C=O) groups excluding carboxylic acids is 1. The van der Waals surface area contributed by atoms with Crippen molar-refractivity contribution in [2.24, 2.45) is 0 Å². The molecule has 2 aromatic heterocycles. The second-order valence-corrected chi connectivity index (χ2v) is 6.35. The van der Waals surface area contributed by atoms with E-state index in [0.717, 1.165) is 9.88 Å². The van der Waals surface area contributed by atoms with E-state index in [1.54, 1.807) is 23.6 Å². The zero-order valence-corrected chi connectivity index (χ0v) is 12.5. The number of hydrogen-bond acceptors (Lipinski definition) is 5. The molecule has 0 aliphatic heterocycles. The Hall–Kier alpha value is -1.24. The number of nitrogens with zero attached hydrogens (tertiary/aromatic N) is 1.